The summed E-state index contributed by atoms with van der Waals surface area (Å²) < 4.78 is 5.74. The molecule has 0 fully saturated rings. The van der Waals surface area contributed by atoms with Crippen LogP contribution in [-0.2, 0) is 0 Å². The molecule has 106 valence electrons. The fourth-order valence-corrected chi connectivity index (χ4v) is 2.49. The van der Waals surface area contributed by atoms with Gasteiger partial charge in [0.15, 0.2) is 5.76 Å². The van der Waals surface area contributed by atoms with Crippen molar-refractivity contribution in [2.75, 3.05) is 0 Å². The molecular weight excluding hydrogens is 288 g/mol. The van der Waals surface area contributed by atoms with Crippen LogP contribution in [0.2, 0.25) is 5.02 Å². The van der Waals surface area contributed by atoms with Crippen molar-refractivity contribution in [1.82, 2.24) is 0 Å². The molecular formula is C17H13ClO3. The van der Waals surface area contributed by atoms with Gasteiger partial charge in [-0.1, -0.05) is 23.7 Å². The Morgan fingerprint density at radius 2 is 1.76 bits per heavy atom. The van der Waals surface area contributed by atoms with Crippen LogP contribution in [0.25, 0.3) is 22.3 Å². The van der Waals surface area contributed by atoms with Crippen LogP contribution in [0.5, 0.6) is 5.75 Å². The van der Waals surface area contributed by atoms with Gasteiger partial charge >= 0.3 is 0 Å². The summed E-state index contributed by atoms with van der Waals surface area (Å²) in [7, 11) is 0. The lowest BCUT2D eigenvalue weighted by Crippen LogP contribution is -2.03. The maximum atomic E-state index is 12.3. The van der Waals surface area contributed by atoms with Gasteiger partial charge in [0.05, 0.1) is 10.4 Å². The van der Waals surface area contributed by atoms with Crippen LogP contribution in [0, 0.1) is 13.8 Å². The van der Waals surface area contributed by atoms with E-state index in [0.717, 1.165) is 11.1 Å². The fourth-order valence-electron chi connectivity index (χ4n) is 2.27. The summed E-state index contributed by atoms with van der Waals surface area (Å²) in [4.78, 5) is 12.3. The van der Waals surface area contributed by atoms with Gasteiger partial charge in [0.1, 0.15) is 5.58 Å². The second-order valence-corrected chi connectivity index (χ2v) is 5.43. The van der Waals surface area contributed by atoms with Crippen molar-refractivity contribution in [3.05, 3.63) is 62.8 Å². The fraction of sp³-hybridized carbons (Fsp3) is 0.118. The molecule has 0 radical (unpaired) electrons. The van der Waals surface area contributed by atoms with Gasteiger partial charge in [-0.05, 0) is 49.2 Å². The molecule has 21 heavy (non-hydrogen) atoms. The second kappa shape index (κ2) is 4.93. The van der Waals surface area contributed by atoms with E-state index in [9.17, 15) is 9.90 Å². The Morgan fingerprint density at radius 1 is 1.10 bits per heavy atom. The van der Waals surface area contributed by atoms with Crippen molar-refractivity contribution in [2.24, 2.45) is 0 Å². The Balaban J connectivity index is 2.41. The number of rotatable bonds is 1. The van der Waals surface area contributed by atoms with Crippen LogP contribution in [-0.4, -0.2) is 5.11 Å². The molecule has 0 atom stereocenters. The normalized spacial score (nSPS) is 11.0. The van der Waals surface area contributed by atoms with E-state index in [0.29, 0.717) is 21.6 Å². The van der Waals surface area contributed by atoms with Gasteiger partial charge in [-0.25, -0.2) is 0 Å². The number of benzene rings is 2. The zero-order valence-corrected chi connectivity index (χ0v) is 12.4. The van der Waals surface area contributed by atoms with E-state index in [4.69, 9.17) is 16.0 Å². The first-order valence-corrected chi connectivity index (χ1v) is 6.88. The zero-order valence-electron chi connectivity index (χ0n) is 11.6. The van der Waals surface area contributed by atoms with Crippen LogP contribution in [0.15, 0.2) is 45.6 Å². The van der Waals surface area contributed by atoms with Crippen molar-refractivity contribution < 1.29 is 9.52 Å². The quantitative estimate of drug-likeness (QED) is 0.723. The molecule has 4 heteroatoms. The lowest BCUT2D eigenvalue weighted by Gasteiger charge is -2.09. The van der Waals surface area contributed by atoms with E-state index in [1.165, 1.54) is 0 Å². The molecule has 2 aromatic carbocycles. The lowest BCUT2D eigenvalue weighted by molar-refractivity contribution is 0.449. The molecule has 1 N–H and O–H groups in total. The van der Waals surface area contributed by atoms with Gasteiger partial charge < -0.3 is 9.52 Å². The summed E-state index contributed by atoms with van der Waals surface area (Å²) in [5.74, 6) is -0.319. The van der Waals surface area contributed by atoms with Gasteiger partial charge in [-0.3, -0.25) is 4.79 Å². The van der Waals surface area contributed by atoms with Gasteiger partial charge in [0.25, 0.3) is 0 Å². The second-order valence-electron chi connectivity index (χ2n) is 5.02. The summed E-state index contributed by atoms with van der Waals surface area (Å²) in [5.41, 5.74) is 2.47. The molecule has 0 aliphatic carbocycles. The van der Waals surface area contributed by atoms with Crippen LogP contribution in [0.3, 0.4) is 0 Å². The maximum Gasteiger partial charge on any atom is 0.235 e. The summed E-state index contributed by atoms with van der Waals surface area (Å²) >= 11 is 6.12. The first-order valence-electron chi connectivity index (χ1n) is 6.51. The minimum absolute atomic E-state index is 0.0985. The average Bonchev–Trinajstić information content (AvgIpc) is 2.46. The molecule has 0 unspecified atom stereocenters. The Morgan fingerprint density at radius 3 is 2.48 bits per heavy atom. The molecule has 3 nitrogen and oxygen atoms in total. The van der Waals surface area contributed by atoms with E-state index in [2.05, 4.69) is 0 Å². The third-order valence-electron chi connectivity index (χ3n) is 3.60. The number of halogens is 1. The summed E-state index contributed by atoms with van der Waals surface area (Å²) in [6.07, 6.45) is 0. The lowest BCUT2D eigenvalue weighted by atomic mass is 10.1. The standard InChI is InChI=1S/C17H13ClO3/c1-9-7-12-14(8-10(9)2)21-17(16(20)15(12)19)11-5-3-4-6-13(11)18/h3-8,20H,1-2H3. The molecule has 0 bridgehead atoms. The molecule has 1 aromatic heterocycles. The number of aryl methyl sites for hydroxylation is 2. The van der Waals surface area contributed by atoms with E-state index < -0.39 is 11.2 Å². The first kappa shape index (κ1) is 13.7. The van der Waals surface area contributed by atoms with Crippen molar-refractivity contribution >= 4 is 22.6 Å². The largest absolute Gasteiger partial charge is 0.502 e. The highest BCUT2D eigenvalue weighted by Gasteiger charge is 2.17. The van der Waals surface area contributed by atoms with Crippen LogP contribution < -0.4 is 5.43 Å². The summed E-state index contributed by atoms with van der Waals surface area (Å²) in [6.45, 7) is 3.85. The molecule has 0 saturated heterocycles. The predicted molar refractivity (Wildman–Crippen MR) is 84.1 cm³/mol. The van der Waals surface area contributed by atoms with Crippen LogP contribution >= 0.6 is 11.6 Å². The molecule has 0 amide bonds. The number of hydrogen-bond donors (Lipinski definition) is 1. The Hall–Kier alpha value is -2.26. The maximum absolute atomic E-state index is 12.3. The SMILES string of the molecule is Cc1cc2oc(-c3ccccc3Cl)c(O)c(=O)c2cc1C. The first-order chi connectivity index (χ1) is 9.99. The molecule has 0 aliphatic heterocycles. The Labute approximate surface area is 126 Å². The zero-order chi connectivity index (χ0) is 15.1. The van der Waals surface area contributed by atoms with Crippen LogP contribution in [0.4, 0.5) is 0 Å². The van der Waals surface area contributed by atoms with E-state index in [-0.39, 0.29) is 5.76 Å². The molecule has 0 saturated carbocycles. The van der Waals surface area contributed by atoms with E-state index in [1.807, 2.05) is 13.8 Å². The number of aromatic hydroxyl groups is 1. The average molecular weight is 301 g/mol. The smallest absolute Gasteiger partial charge is 0.235 e. The highest BCUT2D eigenvalue weighted by atomic mass is 35.5. The highest BCUT2D eigenvalue weighted by molar-refractivity contribution is 6.33. The summed E-state index contributed by atoms with van der Waals surface area (Å²) in [5, 5.41) is 11.0. The summed E-state index contributed by atoms with van der Waals surface area (Å²) in [6, 6.07) is 10.5. The van der Waals surface area contributed by atoms with Gasteiger partial charge in [0, 0.05) is 5.56 Å². The Kier molecular flexibility index (Phi) is 3.22. The molecule has 0 spiro atoms. The third-order valence-corrected chi connectivity index (χ3v) is 3.93. The molecule has 3 rings (SSSR count). The Bertz CT molecular complexity index is 910. The predicted octanol–water partition coefficient (Wildman–Crippen LogP) is 4.44. The van der Waals surface area contributed by atoms with Gasteiger partial charge in [0.2, 0.25) is 11.2 Å². The molecule has 0 aliphatic rings. The van der Waals surface area contributed by atoms with E-state index in [1.54, 1.807) is 36.4 Å². The minimum Gasteiger partial charge on any atom is -0.502 e. The van der Waals surface area contributed by atoms with Crippen LogP contribution in [0.1, 0.15) is 11.1 Å². The van der Waals surface area contributed by atoms with E-state index >= 15 is 0 Å². The van der Waals surface area contributed by atoms with Crippen molar-refractivity contribution in [3.8, 4) is 17.1 Å². The molecule has 3 aromatic rings. The van der Waals surface area contributed by atoms with Gasteiger partial charge in [-0.2, -0.15) is 0 Å². The van der Waals surface area contributed by atoms with Crippen molar-refractivity contribution in [1.29, 1.82) is 0 Å². The monoisotopic (exact) mass is 300 g/mol. The minimum atomic E-state index is -0.450. The highest BCUT2D eigenvalue weighted by Crippen LogP contribution is 2.34. The third kappa shape index (κ3) is 2.20. The number of fused-ring (bicyclic) bond motifs is 1. The van der Waals surface area contributed by atoms with Crippen molar-refractivity contribution in [2.45, 2.75) is 13.8 Å². The number of hydrogen-bond acceptors (Lipinski definition) is 3. The topological polar surface area (TPSA) is 50.4 Å². The molecule has 1 heterocycles. The van der Waals surface area contributed by atoms with Gasteiger partial charge in [-0.15, -0.1) is 0 Å². The van der Waals surface area contributed by atoms with Crippen molar-refractivity contribution in [3.63, 3.8) is 0 Å².